The highest BCUT2D eigenvalue weighted by Gasteiger charge is 2.26. The Hall–Kier alpha value is -1.71. The number of Topliss-reactive ketones (excluding diaryl/α,β-unsaturated/α-hetero) is 1. The Morgan fingerprint density at radius 1 is 1.35 bits per heavy atom. The maximum atomic E-state index is 12.1. The molecule has 0 atom stereocenters. The lowest BCUT2D eigenvalue weighted by atomic mass is 9.93. The third-order valence-corrected chi connectivity index (χ3v) is 3.26. The number of carbonyl (C=O) groups excluding carboxylic acids is 2. The summed E-state index contributed by atoms with van der Waals surface area (Å²) >= 11 is 0. The molecule has 17 heavy (non-hydrogen) atoms. The van der Waals surface area contributed by atoms with Gasteiger partial charge in [-0.3, -0.25) is 14.6 Å². The van der Waals surface area contributed by atoms with Crippen LogP contribution in [0.4, 0.5) is 0 Å². The standard InChI is InChI=1S/C13H16N2O2/c1-15(10-5-7-11(16)8-6-10)13(17)12-4-2-3-9-14-12/h2-4,9-10H,5-8H2,1H3. The molecule has 0 saturated heterocycles. The fraction of sp³-hybridized carbons (Fsp3) is 0.462. The average Bonchev–Trinajstić information content (AvgIpc) is 2.39. The van der Waals surface area contributed by atoms with Gasteiger partial charge in [-0.15, -0.1) is 0 Å². The Morgan fingerprint density at radius 2 is 2.06 bits per heavy atom. The van der Waals surface area contributed by atoms with Crippen LogP contribution in [0.15, 0.2) is 24.4 Å². The van der Waals surface area contributed by atoms with E-state index in [1.807, 2.05) is 0 Å². The summed E-state index contributed by atoms with van der Waals surface area (Å²) in [6.45, 7) is 0. The highest BCUT2D eigenvalue weighted by Crippen LogP contribution is 2.20. The summed E-state index contributed by atoms with van der Waals surface area (Å²) in [6, 6.07) is 5.48. The summed E-state index contributed by atoms with van der Waals surface area (Å²) in [5.41, 5.74) is 0.465. The maximum Gasteiger partial charge on any atom is 0.272 e. The highest BCUT2D eigenvalue weighted by atomic mass is 16.2. The first-order valence-electron chi connectivity index (χ1n) is 5.88. The quantitative estimate of drug-likeness (QED) is 0.779. The first-order chi connectivity index (χ1) is 8.18. The van der Waals surface area contributed by atoms with E-state index in [1.165, 1.54) is 0 Å². The smallest absolute Gasteiger partial charge is 0.272 e. The van der Waals surface area contributed by atoms with Gasteiger partial charge in [-0.05, 0) is 25.0 Å². The number of pyridine rings is 1. The number of hydrogen-bond donors (Lipinski definition) is 0. The van der Waals surface area contributed by atoms with E-state index in [1.54, 1.807) is 36.3 Å². The molecule has 0 bridgehead atoms. The molecule has 90 valence electrons. The Bertz CT molecular complexity index is 407. The summed E-state index contributed by atoms with van der Waals surface area (Å²) in [5, 5.41) is 0. The molecule has 1 aliphatic carbocycles. The van der Waals surface area contributed by atoms with Crippen molar-refractivity contribution in [2.45, 2.75) is 31.7 Å². The highest BCUT2D eigenvalue weighted by molar-refractivity contribution is 5.92. The van der Waals surface area contributed by atoms with Gasteiger partial charge < -0.3 is 4.90 Å². The molecule has 0 aromatic carbocycles. The fourth-order valence-corrected chi connectivity index (χ4v) is 2.15. The Balaban J connectivity index is 2.03. The van der Waals surface area contributed by atoms with E-state index in [9.17, 15) is 9.59 Å². The predicted molar refractivity (Wildman–Crippen MR) is 63.6 cm³/mol. The molecule has 0 unspecified atom stereocenters. The van der Waals surface area contributed by atoms with Crippen LogP contribution in [0.5, 0.6) is 0 Å². The maximum absolute atomic E-state index is 12.1. The van der Waals surface area contributed by atoms with Crippen LogP contribution in [0.2, 0.25) is 0 Å². The first-order valence-corrected chi connectivity index (χ1v) is 5.88. The molecule has 4 nitrogen and oxygen atoms in total. The summed E-state index contributed by atoms with van der Waals surface area (Å²) in [5.74, 6) is 0.241. The largest absolute Gasteiger partial charge is 0.337 e. The van der Waals surface area contributed by atoms with Crippen LogP contribution >= 0.6 is 0 Å². The average molecular weight is 232 g/mol. The summed E-state index contributed by atoms with van der Waals surface area (Å²) in [7, 11) is 1.79. The number of nitrogens with zero attached hydrogens (tertiary/aromatic N) is 2. The van der Waals surface area contributed by atoms with Crippen LogP contribution in [0, 0.1) is 0 Å². The second-order valence-electron chi connectivity index (χ2n) is 4.40. The van der Waals surface area contributed by atoms with Gasteiger partial charge in [0, 0.05) is 32.1 Å². The van der Waals surface area contributed by atoms with Gasteiger partial charge in [0.2, 0.25) is 0 Å². The summed E-state index contributed by atoms with van der Waals surface area (Å²) in [6.07, 6.45) is 4.34. The Labute approximate surface area is 101 Å². The molecule has 1 saturated carbocycles. The normalized spacial score (nSPS) is 16.9. The van der Waals surface area contributed by atoms with Gasteiger partial charge in [-0.25, -0.2) is 0 Å². The molecule has 4 heteroatoms. The van der Waals surface area contributed by atoms with E-state index in [-0.39, 0.29) is 11.9 Å². The summed E-state index contributed by atoms with van der Waals surface area (Å²) in [4.78, 5) is 29.0. The first kappa shape index (κ1) is 11.8. The minimum Gasteiger partial charge on any atom is -0.337 e. The number of ketones is 1. The van der Waals surface area contributed by atoms with Crippen LogP contribution in [-0.2, 0) is 4.79 Å². The third-order valence-electron chi connectivity index (χ3n) is 3.26. The van der Waals surface area contributed by atoms with Crippen molar-refractivity contribution in [2.75, 3.05) is 7.05 Å². The molecule has 0 aliphatic heterocycles. The number of carbonyl (C=O) groups is 2. The van der Waals surface area contributed by atoms with E-state index in [4.69, 9.17) is 0 Å². The van der Waals surface area contributed by atoms with Crippen molar-refractivity contribution in [1.82, 2.24) is 9.88 Å². The van der Waals surface area contributed by atoms with E-state index in [2.05, 4.69) is 4.98 Å². The van der Waals surface area contributed by atoms with Crippen molar-refractivity contribution in [3.05, 3.63) is 30.1 Å². The Morgan fingerprint density at radius 3 is 2.65 bits per heavy atom. The van der Waals surface area contributed by atoms with Crippen molar-refractivity contribution in [3.8, 4) is 0 Å². The molecule has 0 spiro atoms. The van der Waals surface area contributed by atoms with Gasteiger partial charge in [0.25, 0.3) is 5.91 Å². The third kappa shape index (κ3) is 2.70. The number of hydrogen-bond acceptors (Lipinski definition) is 3. The topological polar surface area (TPSA) is 50.3 Å². The van der Waals surface area contributed by atoms with Gasteiger partial charge in [0.15, 0.2) is 0 Å². The van der Waals surface area contributed by atoms with Crippen LogP contribution in [-0.4, -0.2) is 34.7 Å². The van der Waals surface area contributed by atoms with Gasteiger partial charge >= 0.3 is 0 Å². The van der Waals surface area contributed by atoms with Crippen molar-refractivity contribution in [3.63, 3.8) is 0 Å². The number of rotatable bonds is 2. The van der Waals surface area contributed by atoms with Gasteiger partial charge in [0.05, 0.1) is 0 Å². The molecule has 0 radical (unpaired) electrons. The van der Waals surface area contributed by atoms with Gasteiger partial charge in [-0.1, -0.05) is 6.07 Å². The van der Waals surface area contributed by atoms with Crippen LogP contribution < -0.4 is 0 Å². The molecule has 1 fully saturated rings. The van der Waals surface area contributed by atoms with Crippen molar-refractivity contribution in [1.29, 1.82) is 0 Å². The van der Waals surface area contributed by atoms with Crippen LogP contribution in [0.3, 0.4) is 0 Å². The molecule has 0 N–H and O–H groups in total. The predicted octanol–water partition coefficient (Wildman–Crippen LogP) is 1.67. The number of amides is 1. The minimum atomic E-state index is -0.0649. The lowest BCUT2D eigenvalue weighted by molar-refractivity contribution is -0.121. The Kier molecular flexibility index (Phi) is 3.52. The molecule has 1 heterocycles. The van der Waals surface area contributed by atoms with Crippen molar-refractivity contribution < 1.29 is 9.59 Å². The van der Waals surface area contributed by atoms with Gasteiger partial charge in [-0.2, -0.15) is 0 Å². The molecule has 1 aliphatic rings. The zero-order valence-corrected chi connectivity index (χ0v) is 9.93. The number of aromatic nitrogens is 1. The minimum absolute atomic E-state index is 0.0649. The van der Waals surface area contributed by atoms with Crippen LogP contribution in [0.1, 0.15) is 36.2 Å². The lowest BCUT2D eigenvalue weighted by Gasteiger charge is -2.30. The van der Waals surface area contributed by atoms with Crippen molar-refractivity contribution >= 4 is 11.7 Å². The monoisotopic (exact) mass is 232 g/mol. The second kappa shape index (κ2) is 5.08. The zero-order chi connectivity index (χ0) is 12.3. The molecule has 1 aromatic rings. The fourth-order valence-electron chi connectivity index (χ4n) is 2.15. The van der Waals surface area contributed by atoms with E-state index < -0.39 is 0 Å². The zero-order valence-electron chi connectivity index (χ0n) is 9.93. The molecule has 1 aromatic heterocycles. The van der Waals surface area contributed by atoms with Gasteiger partial charge in [0.1, 0.15) is 11.5 Å². The molecular weight excluding hydrogens is 216 g/mol. The van der Waals surface area contributed by atoms with E-state index >= 15 is 0 Å². The van der Waals surface area contributed by atoms with Crippen LogP contribution in [0.25, 0.3) is 0 Å². The van der Waals surface area contributed by atoms with E-state index in [0.717, 1.165) is 12.8 Å². The second-order valence-corrected chi connectivity index (χ2v) is 4.40. The molecule has 2 rings (SSSR count). The lowest BCUT2D eigenvalue weighted by Crippen LogP contribution is -2.39. The van der Waals surface area contributed by atoms with Crippen molar-refractivity contribution in [2.24, 2.45) is 0 Å². The summed E-state index contributed by atoms with van der Waals surface area (Å²) < 4.78 is 0. The molecular formula is C13H16N2O2. The SMILES string of the molecule is CN(C(=O)c1ccccn1)C1CCC(=O)CC1. The molecule has 1 amide bonds. The van der Waals surface area contributed by atoms with E-state index in [0.29, 0.717) is 24.3 Å².